The number of halogens is 2. The minimum absolute atomic E-state index is 0.277. The van der Waals surface area contributed by atoms with Gasteiger partial charge in [-0.25, -0.2) is 14.4 Å². The summed E-state index contributed by atoms with van der Waals surface area (Å²) in [7, 11) is 0. The van der Waals surface area contributed by atoms with Crippen LogP contribution in [0.25, 0.3) is 11.3 Å². The largest absolute Gasteiger partial charge is 0.388 e. The Morgan fingerprint density at radius 3 is 2.77 bits per heavy atom. The van der Waals surface area contributed by atoms with Crippen LogP contribution in [0.5, 0.6) is 0 Å². The second-order valence-electron chi connectivity index (χ2n) is 10.5. The molecule has 2 saturated heterocycles. The van der Waals surface area contributed by atoms with Crippen molar-refractivity contribution in [3.8, 4) is 11.3 Å². The van der Waals surface area contributed by atoms with Gasteiger partial charge in [-0.2, -0.15) is 0 Å². The average molecular weight is 503 g/mol. The highest BCUT2D eigenvalue weighted by molar-refractivity contribution is 6.33. The molecule has 1 aromatic carbocycles. The zero-order valence-corrected chi connectivity index (χ0v) is 20.3. The number of ether oxygens (including phenoxy) is 2. The summed E-state index contributed by atoms with van der Waals surface area (Å²) in [6, 6.07) is 2.94. The van der Waals surface area contributed by atoms with E-state index in [-0.39, 0.29) is 29.0 Å². The highest BCUT2D eigenvalue weighted by Crippen LogP contribution is 2.54. The smallest absolute Gasteiger partial charge is 0.223 e. The first kappa shape index (κ1) is 23.2. The second-order valence-corrected chi connectivity index (χ2v) is 10.9. The Morgan fingerprint density at radius 1 is 1.26 bits per heavy atom. The average Bonchev–Trinajstić information content (AvgIpc) is 3.52. The first-order valence-electron chi connectivity index (χ1n) is 12.1. The van der Waals surface area contributed by atoms with Crippen LogP contribution in [0.4, 0.5) is 16.0 Å². The number of hydrogen-bond acceptors (Lipinski definition) is 8. The van der Waals surface area contributed by atoms with E-state index in [2.05, 4.69) is 20.3 Å². The van der Waals surface area contributed by atoms with Crippen molar-refractivity contribution in [3.05, 3.63) is 34.7 Å². The Hall–Kier alpha value is -2.17. The summed E-state index contributed by atoms with van der Waals surface area (Å²) in [5.74, 6) is -0.194. The number of anilines is 1. The fourth-order valence-electron chi connectivity index (χ4n) is 6.10. The summed E-state index contributed by atoms with van der Waals surface area (Å²) in [5, 5.41) is 24.9. The number of rotatable bonds is 4. The number of aliphatic hydroxyl groups excluding tert-OH is 1. The zero-order chi connectivity index (χ0) is 24.5. The number of aliphatic imine (C=N–C) groups is 1. The molecule has 10 heteroatoms. The van der Waals surface area contributed by atoms with E-state index in [1.54, 1.807) is 13.8 Å². The number of aliphatic hydroxyl groups is 2. The maximum Gasteiger partial charge on any atom is 0.223 e. The number of nitrogens with zero attached hydrogens (tertiary/aromatic N) is 3. The van der Waals surface area contributed by atoms with Gasteiger partial charge in [0.05, 0.1) is 40.9 Å². The third-order valence-corrected chi connectivity index (χ3v) is 7.91. The molecule has 1 unspecified atom stereocenters. The van der Waals surface area contributed by atoms with Gasteiger partial charge in [0.1, 0.15) is 23.7 Å². The molecule has 186 valence electrons. The lowest BCUT2D eigenvalue weighted by atomic mass is 9.71. The topological polar surface area (TPSA) is 109 Å². The third kappa shape index (κ3) is 3.76. The molecule has 8 nitrogen and oxygen atoms in total. The first-order chi connectivity index (χ1) is 16.7. The van der Waals surface area contributed by atoms with Crippen molar-refractivity contribution in [1.29, 1.82) is 0 Å². The minimum Gasteiger partial charge on any atom is -0.388 e. The van der Waals surface area contributed by atoms with Crippen LogP contribution in [0.1, 0.15) is 51.5 Å². The van der Waals surface area contributed by atoms with Crippen LogP contribution in [0.15, 0.2) is 23.3 Å². The van der Waals surface area contributed by atoms with Crippen LogP contribution in [-0.2, 0) is 14.9 Å². The molecule has 0 amide bonds. The Morgan fingerprint density at radius 2 is 2.03 bits per heavy atom. The summed E-state index contributed by atoms with van der Waals surface area (Å²) < 4.78 is 26.5. The molecule has 4 heterocycles. The monoisotopic (exact) mass is 502 g/mol. The highest BCUT2D eigenvalue weighted by atomic mass is 35.5. The standard InChI is InChI=1S/C25H28ClFN4O4/c1-24(2,33)22-25(5-3-4-6-25)13-7-12(8-15(27)20(13)30-22)19-14(26)10-28-23(31-19)29-16-9-18-34-11-17(35-18)21(16)32/h7-8,10,16-18,21,32-33H,3-6,9,11H2,1-2H3,(H,28,29,31)/t16?,17-,18-,21+/m1/s1. The van der Waals surface area contributed by atoms with E-state index in [0.717, 1.165) is 31.2 Å². The number of hydrogen-bond donors (Lipinski definition) is 3. The van der Waals surface area contributed by atoms with Crippen molar-refractivity contribution in [1.82, 2.24) is 9.97 Å². The van der Waals surface area contributed by atoms with Crippen LogP contribution in [-0.4, -0.2) is 62.6 Å². The van der Waals surface area contributed by atoms with Gasteiger partial charge in [-0.05, 0) is 44.4 Å². The van der Waals surface area contributed by atoms with Crippen LogP contribution in [0.3, 0.4) is 0 Å². The first-order valence-corrected chi connectivity index (χ1v) is 12.4. The van der Waals surface area contributed by atoms with E-state index in [9.17, 15) is 10.2 Å². The van der Waals surface area contributed by atoms with Crippen LogP contribution >= 0.6 is 11.6 Å². The second kappa shape index (κ2) is 8.18. The van der Waals surface area contributed by atoms with E-state index < -0.39 is 29.0 Å². The van der Waals surface area contributed by atoms with Crippen LogP contribution in [0.2, 0.25) is 5.02 Å². The van der Waals surface area contributed by atoms with E-state index in [1.165, 1.54) is 12.3 Å². The molecule has 4 aliphatic rings. The number of nitrogens with one attached hydrogen (secondary N) is 1. The molecule has 2 aromatic rings. The Balaban J connectivity index is 1.37. The molecule has 1 spiro atoms. The minimum atomic E-state index is -1.16. The fourth-order valence-corrected chi connectivity index (χ4v) is 6.30. The van der Waals surface area contributed by atoms with Crippen molar-refractivity contribution in [3.63, 3.8) is 0 Å². The van der Waals surface area contributed by atoms with E-state index in [0.29, 0.717) is 30.0 Å². The van der Waals surface area contributed by atoms with Gasteiger partial charge >= 0.3 is 0 Å². The molecule has 1 aromatic heterocycles. The van der Waals surface area contributed by atoms with Gasteiger partial charge in [-0.1, -0.05) is 24.4 Å². The van der Waals surface area contributed by atoms with Gasteiger partial charge in [-0.3, -0.25) is 4.99 Å². The normalized spacial score (nSPS) is 28.9. The lowest BCUT2D eigenvalue weighted by Gasteiger charge is -2.33. The van der Waals surface area contributed by atoms with Gasteiger partial charge < -0.3 is 25.0 Å². The van der Waals surface area contributed by atoms with E-state index in [1.807, 2.05) is 6.07 Å². The molecule has 2 bridgehead atoms. The van der Waals surface area contributed by atoms with Gasteiger partial charge in [0.25, 0.3) is 0 Å². The maximum absolute atomic E-state index is 15.4. The fraction of sp³-hybridized carbons (Fsp3) is 0.560. The summed E-state index contributed by atoms with van der Waals surface area (Å²) in [6.07, 6.45) is 3.98. The SMILES string of the molecule is CC(C)(O)C1=Nc2c(F)cc(-c3nc(NC4C[C@@H]5OC[C@@H](O5)[C@H]4O)ncc3Cl)cc2C12CCCC2. The molecule has 6 rings (SSSR count). The van der Waals surface area contributed by atoms with Crippen LogP contribution in [0, 0.1) is 5.82 Å². The highest BCUT2D eigenvalue weighted by Gasteiger charge is 2.51. The van der Waals surface area contributed by atoms with Gasteiger partial charge in [-0.15, -0.1) is 0 Å². The van der Waals surface area contributed by atoms with Gasteiger partial charge in [0.15, 0.2) is 6.29 Å². The maximum atomic E-state index is 15.4. The van der Waals surface area contributed by atoms with Crippen LogP contribution < -0.4 is 5.32 Å². The van der Waals surface area contributed by atoms with Gasteiger partial charge in [0, 0.05) is 17.4 Å². The molecule has 3 aliphatic heterocycles. The predicted octanol–water partition coefficient (Wildman–Crippen LogP) is 3.89. The van der Waals surface area contributed by atoms with E-state index in [4.69, 9.17) is 21.1 Å². The summed E-state index contributed by atoms with van der Waals surface area (Å²) >= 11 is 6.48. The van der Waals surface area contributed by atoms with Crippen molar-refractivity contribution in [2.75, 3.05) is 11.9 Å². The predicted molar refractivity (Wildman–Crippen MR) is 129 cm³/mol. The van der Waals surface area contributed by atoms with Gasteiger partial charge in [0.2, 0.25) is 5.95 Å². The van der Waals surface area contributed by atoms with Crippen molar-refractivity contribution in [2.45, 2.75) is 81.5 Å². The quantitative estimate of drug-likeness (QED) is 0.582. The lowest BCUT2D eigenvalue weighted by molar-refractivity contribution is -0.123. The van der Waals surface area contributed by atoms with Crippen molar-refractivity contribution >= 4 is 28.9 Å². The third-order valence-electron chi connectivity index (χ3n) is 7.64. The molecule has 35 heavy (non-hydrogen) atoms. The summed E-state index contributed by atoms with van der Waals surface area (Å²) in [4.78, 5) is 13.5. The Kier molecular flexibility index (Phi) is 5.43. The number of benzene rings is 1. The zero-order valence-electron chi connectivity index (χ0n) is 19.6. The van der Waals surface area contributed by atoms with E-state index >= 15 is 4.39 Å². The Labute approximate surface area is 207 Å². The van der Waals surface area contributed by atoms with Crippen molar-refractivity contribution < 1.29 is 24.1 Å². The lowest BCUT2D eigenvalue weighted by Crippen LogP contribution is -2.48. The molecule has 0 radical (unpaired) electrons. The molecular weight excluding hydrogens is 475 g/mol. The Bertz CT molecular complexity index is 1210. The molecule has 3 N–H and O–H groups in total. The number of fused-ring (bicyclic) bond motifs is 4. The molecule has 1 saturated carbocycles. The number of aromatic nitrogens is 2. The molecule has 1 aliphatic carbocycles. The molecule has 3 fully saturated rings. The summed E-state index contributed by atoms with van der Waals surface area (Å²) in [5.41, 5.74) is 0.943. The van der Waals surface area contributed by atoms with Crippen molar-refractivity contribution in [2.24, 2.45) is 4.99 Å². The summed E-state index contributed by atoms with van der Waals surface area (Å²) in [6.45, 7) is 3.76. The molecular formula is C25H28ClFN4O4. The molecule has 4 atom stereocenters.